The van der Waals surface area contributed by atoms with E-state index < -0.39 is 0 Å². The van der Waals surface area contributed by atoms with E-state index in [4.69, 9.17) is 0 Å². The fourth-order valence-electron chi connectivity index (χ4n) is 3.55. The van der Waals surface area contributed by atoms with Gasteiger partial charge in [0.25, 0.3) is 0 Å². The van der Waals surface area contributed by atoms with E-state index in [1.807, 2.05) is 0 Å². The van der Waals surface area contributed by atoms with Gasteiger partial charge < -0.3 is 10.6 Å². The minimum absolute atomic E-state index is 0.350. The number of nitrogens with zero attached hydrogens (tertiary/aromatic N) is 1. The molecule has 2 N–H and O–H groups in total. The smallest absolute Gasteiger partial charge is 0.0166 e. The van der Waals surface area contributed by atoms with Crippen LogP contribution in [0.5, 0.6) is 0 Å². The van der Waals surface area contributed by atoms with Crippen LogP contribution in [-0.4, -0.2) is 49.7 Å². The van der Waals surface area contributed by atoms with Crippen molar-refractivity contribution in [2.45, 2.75) is 57.9 Å². The lowest BCUT2D eigenvalue weighted by Crippen LogP contribution is -2.54. The Kier molecular flexibility index (Phi) is 6.11. The van der Waals surface area contributed by atoms with Crippen molar-refractivity contribution in [1.29, 1.82) is 0 Å². The molecule has 1 aliphatic heterocycles. The molecule has 0 bridgehead atoms. The maximum absolute atomic E-state index is 3.67. The molecular formula is C16H33N3. The number of hydrogen-bond donors (Lipinski definition) is 2. The number of hydrogen-bond acceptors (Lipinski definition) is 3. The summed E-state index contributed by atoms with van der Waals surface area (Å²) in [7, 11) is 0. The van der Waals surface area contributed by atoms with Crippen molar-refractivity contribution >= 4 is 0 Å². The molecule has 2 rings (SSSR count). The van der Waals surface area contributed by atoms with E-state index in [1.54, 1.807) is 0 Å². The minimum atomic E-state index is 0.350. The predicted molar refractivity (Wildman–Crippen MR) is 82.6 cm³/mol. The summed E-state index contributed by atoms with van der Waals surface area (Å²) in [6.07, 6.45) is 8.56. The summed E-state index contributed by atoms with van der Waals surface area (Å²) in [4.78, 5) is 2.64. The quantitative estimate of drug-likeness (QED) is 0.693. The first kappa shape index (κ1) is 15.3. The highest BCUT2D eigenvalue weighted by Gasteiger charge is 2.27. The van der Waals surface area contributed by atoms with Crippen LogP contribution >= 0.6 is 0 Å². The Morgan fingerprint density at radius 1 is 1.11 bits per heavy atom. The summed E-state index contributed by atoms with van der Waals surface area (Å²) < 4.78 is 0. The second-order valence-corrected chi connectivity index (χ2v) is 6.99. The molecule has 1 heterocycles. The van der Waals surface area contributed by atoms with E-state index in [0.29, 0.717) is 5.54 Å². The highest BCUT2D eigenvalue weighted by molar-refractivity contribution is 4.85. The number of rotatable bonds is 7. The van der Waals surface area contributed by atoms with Crippen LogP contribution in [0.25, 0.3) is 0 Å². The first-order chi connectivity index (χ1) is 9.18. The van der Waals surface area contributed by atoms with Crippen LogP contribution in [0.2, 0.25) is 0 Å². The minimum Gasteiger partial charge on any atom is -0.317 e. The van der Waals surface area contributed by atoms with Crippen molar-refractivity contribution in [3.05, 3.63) is 0 Å². The van der Waals surface area contributed by atoms with Gasteiger partial charge in [-0.15, -0.1) is 0 Å². The van der Waals surface area contributed by atoms with Crippen molar-refractivity contribution in [1.82, 2.24) is 15.5 Å². The summed E-state index contributed by atoms with van der Waals surface area (Å²) in [6.45, 7) is 11.9. The van der Waals surface area contributed by atoms with Crippen molar-refractivity contribution in [2.24, 2.45) is 5.92 Å². The van der Waals surface area contributed by atoms with Crippen LogP contribution in [0, 0.1) is 5.92 Å². The zero-order chi connectivity index (χ0) is 13.6. The molecule has 112 valence electrons. The molecule has 0 amide bonds. The molecular weight excluding hydrogens is 234 g/mol. The van der Waals surface area contributed by atoms with Crippen LogP contribution in [-0.2, 0) is 0 Å². The first-order valence-electron chi connectivity index (χ1n) is 8.35. The highest BCUT2D eigenvalue weighted by Crippen LogP contribution is 2.27. The average Bonchev–Trinajstić information content (AvgIpc) is 2.92. The second kappa shape index (κ2) is 7.61. The van der Waals surface area contributed by atoms with E-state index in [0.717, 1.165) is 19.0 Å². The SMILES string of the molecule is CC(C)(CCNCCC1CCCC1)N1CCNCC1. The van der Waals surface area contributed by atoms with Crippen LogP contribution in [0.1, 0.15) is 52.4 Å². The van der Waals surface area contributed by atoms with Gasteiger partial charge in [0.15, 0.2) is 0 Å². The van der Waals surface area contributed by atoms with Gasteiger partial charge in [-0.1, -0.05) is 25.7 Å². The molecule has 0 unspecified atom stereocenters. The highest BCUT2D eigenvalue weighted by atomic mass is 15.2. The molecule has 0 aromatic rings. The van der Waals surface area contributed by atoms with E-state index in [1.165, 1.54) is 64.7 Å². The molecule has 0 spiro atoms. The Bertz CT molecular complexity index is 240. The molecule has 19 heavy (non-hydrogen) atoms. The molecule has 1 saturated heterocycles. The summed E-state index contributed by atoms with van der Waals surface area (Å²) >= 11 is 0. The number of nitrogens with one attached hydrogen (secondary N) is 2. The van der Waals surface area contributed by atoms with E-state index in [-0.39, 0.29) is 0 Å². The van der Waals surface area contributed by atoms with Crippen LogP contribution in [0.15, 0.2) is 0 Å². The third kappa shape index (κ3) is 5.05. The van der Waals surface area contributed by atoms with Crippen molar-refractivity contribution in [3.8, 4) is 0 Å². The largest absolute Gasteiger partial charge is 0.317 e. The fraction of sp³-hybridized carbons (Fsp3) is 1.00. The van der Waals surface area contributed by atoms with Gasteiger partial charge in [-0.05, 0) is 45.7 Å². The normalized spacial score (nSPS) is 23.1. The Hall–Kier alpha value is -0.120. The van der Waals surface area contributed by atoms with E-state index in [2.05, 4.69) is 29.4 Å². The molecule has 0 aromatic heterocycles. The number of piperazine rings is 1. The molecule has 0 aromatic carbocycles. The zero-order valence-electron chi connectivity index (χ0n) is 13.0. The van der Waals surface area contributed by atoms with Crippen LogP contribution < -0.4 is 10.6 Å². The first-order valence-corrected chi connectivity index (χ1v) is 8.35. The summed E-state index contributed by atoms with van der Waals surface area (Å²) in [5, 5.41) is 7.10. The fourth-order valence-corrected chi connectivity index (χ4v) is 3.55. The molecule has 0 atom stereocenters. The van der Waals surface area contributed by atoms with E-state index >= 15 is 0 Å². The standard InChI is InChI=1S/C16H33N3/c1-16(2,19-13-11-18-12-14-19)8-10-17-9-7-15-5-3-4-6-15/h15,17-18H,3-14H2,1-2H3. The summed E-state index contributed by atoms with van der Waals surface area (Å²) in [5.41, 5.74) is 0.350. The average molecular weight is 267 g/mol. The monoisotopic (exact) mass is 267 g/mol. The maximum atomic E-state index is 3.67. The van der Waals surface area contributed by atoms with Gasteiger partial charge in [0, 0.05) is 31.7 Å². The molecule has 1 saturated carbocycles. The molecule has 3 heteroatoms. The van der Waals surface area contributed by atoms with Gasteiger partial charge in [-0.25, -0.2) is 0 Å². The lowest BCUT2D eigenvalue weighted by Gasteiger charge is -2.41. The van der Waals surface area contributed by atoms with E-state index in [9.17, 15) is 0 Å². The van der Waals surface area contributed by atoms with Gasteiger partial charge in [-0.3, -0.25) is 4.90 Å². The van der Waals surface area contributed by atoms with Gasteiger partial charge >= 0.3 is 0 Å². The van der Waals surface area contributed by atoms with Crippen molar-refractivity contribution in [2.75, 3.05) is 39.3 Å². The van der Waals surface area contributed by atoms with Gasteiger partial charge in [-0.2, -0.15) is 0 Å². The van der Waals surface area contributed by atoms with Crippen LogP contribution in [0.3, 0.4) is 0 Å². The molecule has 2 aliphatic rings. The molecule has 1 aliphatic carbocycles. The Balaban J connectivity index is 1.55. The van der Waals surface area contributed by atoms with Crippen molar-refractivity contribution in [3.63, 3.8) is 0 Å². The Morgan fingerprint density at radius 3 is 2.47 bits per heavy atom. The maximum Gasteiger partial charge on any atom is 0.0166 e. The third-order valence-electron chi connectivity index (χ3n) is 5.09. The summed E-state index contributed by atoms with van der Waals surface area (Å²) in [6, 6.07) is 0. The van der Waals surface area contributed by atoms with Gasteiger partial charge in [0.1, 0.15) is 0 Å². The lowest BCUT2D eigenvalue weighted by atomic mass is 9.97. The molecule has 3 nitrogen and oxygen atoms in total. The van der Waals surface area contributed by atoms with Gasteiger partial charge in [0.2, 0.25) is 0 Å². The summed E-state index contributed by atoms with van der Waals surface area (Å²) in [5.74, 6) is 1.02. The van der Waals surface area contributed by atoms with Crippen molar-refractivity contribution < 1.29 is 0 Å². The Labute approximate surface area is 119 Å². The topological polar surface area (TPSA) is 27.3 Å². The zero-order valence-corrected chi connectivity index (χ0v) is 13.0. The predicted octanol–water partition coefficient (Wildman–Crippen LogP) is 2.23. The third-order valence-corrected chi connectivity index (χ3v) is 5.09. The molecule has 2 fully saturated rings. The lowest BCUT2D eigenvalue weighted by molar-refractivity contribution is 0.0956. The second-order valence-electron chi connectivity index (χ2n) is 6.99. The van der Waals surface area contributed by atoms with Gasteiger partial charge in [0.05, 0.1) is 0 Å². The Morgan fingerprint density at radius 2 is 1.79 bits per heavy atom. The van der Waals surface area contributed by atoms with Crippen LogP contribution in [0.4, 0.5) is 0 Å². The molecule has 0 radical (unpaired) electrons.